The van der Waals surface area contributed by atoms with Gasteiger partial charge in [-0.3, -0.25) is 0 Å². The van der Waals surface area contributed by atoms with E-state index in [-0.39, 0.29) is 6.10 Å². The quantitative estimate of drug-likeness (QED) is 0.634. The van der Waals surface area contributed by atoms with Crippen molar-refractivity contribution >= 4 is 0 Å². The Balaban J connectivity index is 0.000000183. The molecule has 0 aromatic carbocycles. The van der Waals surface area contributed by atoms with Crippen molar-refractivity contribution in [2.45, 2.75) is 39.7 Å². The molecule has 11 heavy (non-hydrogen) atoms. The summed E-state index contributed by atoms with van der Waals surface area (Å²) in [5.41, 5.74) is 0. The Bertz CT molecular complexity index is 62.0. The lowest BCUT2D eigenvalue weighted by Crippen LogP contribution is -2.07. The molecule has 1 unspecified atom stereocenters. The molecule has 0 amide bonds. The molecule has 0 radical (unpaired) electrons. The van der Waals surface area contributed by atoms with Crippen LogP contribution in [0.5, 0.6) is 0 Å². The molecule has 0 bridgehead atoms. The van der Waals surface area contributed by atoms with Crippen molar-refractivity contribution in [3.63, 3.8) is 0 Å². The summed E-state index contributed by atoms with van der Waals surface area (Å²) in [6.07, 6.45) is 2.41. The Hall–Kier alpha value is -0.0800. The van der Waals surface area contributed by atoms with E-state index in [1.807, 2.05) is 13.8 Å². The van der Waals surface area contributed by atoms with Crippen LogP contribution < -0.4 is 0 Å². The summed E-state index contributed by atoms with van der Waals surface area (Å²) in [5.74, 6) is 0.407. The largest absolute Gasteiger partial charge is 0.393 e. The maximum Gasteiger partial charge on any atom is 0.0535 e. The fourth-order valence-electron chi connectivity index (χ4n) is 0.510. The summed E-state index contributed by atoms with van der Waals surface area (Å²) in [7, 11) is 0. The average molecular weight is 160 g/mol. The van der Waals surface area contributed by atoms with E-state index >= 15 is 0 Å². The predicted molar refractivity (Wildman–Crippen MR) is 46.6 cm³/mol. The van der Waals surface area contributed by atoms with Gasteiger partial charge in [-0.15, -0.1) is 0 Å². The highest BCUT2D eigenvalue weighted by atomic mass is 16.5. The second-order valence-corrected chi connectivity index (χ2v) is 3.30. The summed E-state index contributed by atoms with van der Waals surface area (Å²) >= 11 is 0. The Morgan fingerprint density at radius 1 is 1.09 bits per heavy atom. The third-order valence-electron chi connectivity index (χ3n) is 1.79. The summed E-state index contributed by atoms with van der Waals surface area (Å²) in [6.45, 7) is 7.78. The lowest BCUT2D eigenvalue weighted by Gasteiger charge is -2.04. The molecule has 1 fully saturated rings. The number of hydrogen-bond acceptors (Lipinski definition) is 2. The molecule has 1 aliphatic heterocycles. The fraction of sp³-hybridized carbons (Fsp3) is 1.00. The van der Waals surface area contributed by atoms with Crippen LogP contribution in [0, 0.1) is 5.92 Å². The molecule has 1 saturated heterocycles. The number of ether oxygens (including phenoxy) is 1. The highest BCUT2D eigenvalue weighted by Crippen LogP contribution is 1.98. The van der Waals surface area contributed by atoms with Crippen LogP contribution in [0.2, 0.25) is 0 Å². The molecule has 1 N–H and O–H groups in total. The molecular formula is C9H20O2. The van der Waals surface area contributed by atoms with Crippen LogP contribution in [0.4, 0.5) is 0 Å². The van der Waals surface area contributed by atoms with Crippen molar-refractivity contribution in [3.8, 4) is 0 Å². The second kappa shape index (κ2) is 6.62. The Morgan fingerprint density at radius 3 is 1.55 bits per heavy atom. The van der Waals surface area contributed by atoms with Gasteiger partial charge in [-0.05, 0) is 25.7 Å². The van der Waals surface area contributed by atoms with Gasteiger partial charge in [-0.2, -0.15) is 0 Å². The van der Waals surface area contributed by atoms with Gasteiger partial charge in [-0.25, -0.2) is 0 Å². The van der Waals surface area contributed by atoms with E-state index in [4.69, 9.17) is 9.84 Å². The van der Waals surface area contributed by atoms with Crippen LogP contribution in [-0.2, 0) is 4.74 Å². The highest BCUT2D eigenvalue weighted by molar-refractivity contribution is 4.48. The molecule has 0 aliphatic carbocycles. The van der Waals surface area contributed by atoms with Gasteiger partial charge in [0.05, 0.1) is 6.10 Å². The van der Waals surface area contributed by atoms with Gasteiger partial charge in [0.1, 0.15) is 0 Å². The Kier molecular flexibility index (Phi) is 6.57. The van der Waals surface area contributed by atoms with Crippen LogP contribution in [0.25, 0.3) is 0 Å². The first kappa shape index (κ1) is 10.9. The smallest absolute Gasteiger partial charge is 0.0535 e. The zero-order valence-electron chi connectivity index (χ0n) is 7.84. The van der Waals surface area contributed by atoms with Gasteiger partial charge in [0.25, 0.3) is 0 Å². The first-order valence-corrected chi connectivity index (χ1v) is 4.40. The van der Waals surface area contributed by atoms with Gasteiger partial charge in [-0.1, -0.05) is 13.8 Å². The number of aliphatic hydroxyl groups is 1. The van der Waals surface area contributed by atoms with Crippen molar-refractivity contribution in [1.29, 1.82) is 0 Å². The molecule has 0 aromatic heterocycles. The van der Waals surface area contributed by atoms with Gasteiger partial charge < -0.3 is 9.84 Å². The minimum Gasteiger partial charge on any atom is -0.393 e. The van der Waals surface area contributed by atoms with Crippen molar-refractivity contribution in [2.75, 3.05) is 13.2 Å². The third-order valence-corrected chi connectivity index (χ3v) is 1.79. The SMILES string of the molecule is C1CCOC1.CC(C)C(C)O. The maximum atomic E-state index is 8.63. The van der Waals surface area contributed by atoms with E-state index in [1.165, 1.54) is 12.8 Å². The summed E-state index contributed by atoms with van der Waals surface area (Å²) in [6, 6.07) is 0. The number of aliphatic hydroxyl groups excluding tert-OH is 1. The molecule has 2 heteroatoms. The second-order valence-electron chi connectivity index (χ2n) is 3.30. The monoisotopic (exact) mass is 160 g/mol. The summed E-state index contributed by atoms with van der Waals surface area (Å²) < 4.78 is 4.94. The van der Waals surface area contributed by atoms with E-state index in [2.05, 4.69) is 0 Å². The summed E-state index contributed by atoms with van der Waals surface area (Å²) in [5, 5.41) is 8.63. The molecule has 0 saturated carbocycles. The Morgan fingerprint density at radius 2 is 1.45 bits per heavy atom. The van der Waals surface area contributed by atoms with Crippen molar-refractivity contribution in [1.82, 2.24) is 0 Å². The van der Waals surface area contributed by atoms with E-state index in [1.54, 1.807) is 6.92 Å². The topological polar surface area (TPSA) is 29.5 Å². The zero-order valence-corrected chi connectivity index (χ0v) is 7.84. The highest BCUT2D eigenvalue weighted by Gasteiger charge is 1.97. The molecular weight excluding hydrogens is 140 g/mol. The molecule has 0 aromatic rings. The molecule has 0 spiro atoms. The molecule has 1 atom stereocenters. The molecule has 2 nitrogen and oxygen atoms in total. The molecule has 68 valence electrons. The zero-order chi connectivity index (χ0) is 8.69. The van der Waals surface area contributed by atoms with E-state index in [0.717, 1.165) is 13.2 Å². The van der Waals surface area contributed by atoms with E-state index < -0.39 is 0 Å². The van der Waals surface area contributed by atoms with E-state index in [9.17, 15) is 0 Å². The lowest BCUT2D eigenvalue weighted by atomic mass is 10.1. The molecule has 1 aliphatic rings. The van der Waals surface area contributed by atoms with Crippen molar-refractivity contribution in [3.05, 3.63) is 0 Å². The standard InChI is InChI=1S/C5H12O.C4H8O/c1-4(2)5(3)6;1-2-4-5-3-1/h4-6H,1-3H3;1-4H2. The predicted octanol–water partition coefficient (Wildman–Crippen LogP) is 1.82. The van der Waals surface area contributed by atoms with Gasteiger partial charge in [0, 0.05) is 13.2 Å². The van der Waals surface area contributed by atoms with Crippen LogP contribution in [0.3, 0.4) is 0 Å². The van der Waals surface area contributed by atoms with Gasteiger partial charge in [0.2, 0.25) is 0 Å². The van der Waals surface area contributed by atoms with Gasteiger partial charge >= 0.3 is 0 Å². The Labute approximate surface area is 69.6 Å². The molecule has 1 heterocycles. The number of rotatable bonds is 1. The minimum atomic E-state index is -0.148. The maximum absolute atomic E-state index is 8.63. The van der Waals surface area contributed by atoms with E-state index in [0.29, 0.717) is 5.92 Å². The first-order valence-electron chi connectivity index (χ1n) is 4.40. The van der Waals surface area contributed by atoms with Crippen molar-refractivity contribution < 1.29 is 9.84 Å². The molecule has 1 rings (SSSR count). The fourth-order valence-corrected chi connectivity index (χ4v) is 0.510. The van der Waals surface area contributed by atoms with Crippen LogP contribution in [-0.4, -0.2) is 24.4 Å². The van der Waals surface area contributed by atoms with Crippen molar-refractivity contribution in [2.24, 2.45) is 5.92 Å². The lowest BCUT2D eigenvalue weighted by molar-refractivity contribution is 0.144. The van der Waals surface area contributed by atoms with Crippen LogP contribution in [0.1, 0.15) is 33.6 Å². The van der Waals surface area contributed by atoms with Crippen LogP contribution >= 0.6 is 0 Å². The minimum absolute atomic E-state index is 0.148. The van der Waals surface area contributed by atoms with Gasteiger partial charge in [0.15, 0.2) is 0 Å². The third kappa shape index (κ3) is 7.82. The normalized spacial score (nSPS) is 19.4. The summed E-state index contributed by atoms with van der Waals surface area (Å²) in [4.78, 5) is 0. The first-order chi connectivity index (χ1) is 5.14. The van der Waals surface area contributed by atoms with Crippen LogP contribution in [0.15, 0.2) is 0 Å². The average Bonchev–Trinajstić information content (AvgIpc) is 2.41. The number of hydrogen-bond donors (Lipinski definition) is 1.